The first-order valence-electron chi connectivity index (χ1n) is 5.85. The van der Waals surface area contributed by atoms with Gasteiger partial charge in [-0.25, -0.2) is 0 Å². The number of methoxy groups -OCH3 is 2. The molecule has 19 heavy (non-hydrogen) atoms. The van der Waals surface area contributed by atoms with E-state index in [1.165, 1.54) is 33.0 Å². The molecule has 0 aliphatic rings. The SMILES string of the molecule is COC(=O)C(C)(C)C(=O)N(C)c1ccccc1OC. The largest absolute Gasteiger partial charge is 0.495 e. The van der Waals surface area contributed by atoms with E-state index in [0.717, 1.165) is 0 Å². The second-order valence-electron chi connectivity index (χ2n) is 4.65. The van der Waals surface area contributed by atoms with Crippen molar-refractivity contribution >= 4 is 17.6 Å². The van der Waals surface area contributed by atoms with Gasteiger partial charge >= 0.3 is 5.97 Å². The van der Waals surface area contributed by atoms with E-state index in [-0.39, 0.29) is 5.91 Å². The Morgan fingerprint density at radius 2 is 1.74 bits per heavy atom. The predicted octanol–water partition coefficient (Wildman–Crippen LogP) is 1.86. The van der Waals surface area contributed by atoms with Crippen molar-refractivity contribution in [3.63, 3.8) is 0 Å². The standard InChI is InChI=1S/C14H19NO4/c1-14(2,13(17)19-5)12(16)15(3)10-8-6-7-9-11(10)18-4/h6-9H,1-5H3. The molecule has 0 heterocycles. The van der Waals surface area contributed by atoms with E-state index in [2.05, 4.69) is 4.74 Å². The third-order valence-corrected chi connectivity index (χ3v) is 2.98. The fraction of sp³-hybridized carbons (Fsp3) is 0.429. The van der Waals surface area contributed by atoms with Gasteiger partial charge < -0.3 is 14.4 Å². The third-order valence-electron chi connectivity index (χ3n) is 2.98. The molecule has 0 saturated carbocycles. The summed E-state index contributed by atoms with van der Waals surface area (Å²) in [5, 5.41) is 0. The lowest BCUT2D eigenvalue weighted by Gasteiger charge is -2.28. The van der Waals surface area contributed by atoms with E-state index in [0.29, 0.717) is 11.4 Å². The molecular weight excluding hydrogens is 246 g/mol. The van der Waals surface area contributed by atoms with E-state index in [9.17, 15) is 9.59 Å². The Labute approximate surface area is 113 Å². The number of ether oxygens (including phenoxy) is 2. The van der Waals surface area contributed by atoms with Crippen LogP contribution in [0.4, 0.5) is 5.69 Å². The van der Waals surface area contributed by atoms with Crippen LogP contribution in [0.5, 0.6) is 5.75 Å². The van der Waals surface area contributed by atoms with Gasteiger partial charge in [0.15, 0.2) is 0 Å². The number of rotatable bonds is 4. The van der Waals surface area contributed by atoms with Crippen molar-refractivity contribution < 1.29 is 19.1 Å². The lowest BCUT2D eigenvalue weighted by molar-refractivity contribution is -0.155. The van der Waals surface area contributed by atoms with Crippen molar-refractivity contribution in [1.82, 2.24) is 0 Å². The van der Waals surface area contributed by atoms with Gasteiger partial charge in [-0.2, -0.15) is 0 Å². The molecule has 5 heteroatoms. The molecule has 0 fully saturated rings. The molecule has 0 bridgehead atoms. The number of hydrogen-bond acceptors (Lipinski definition) is 4. The topological polar surface area (TPSA) is 55.8 Å². The number of benzene rings is 1. The predicted molar refractivity (Wildman–Crippen MR) is 72.2 cm³/mol. The summed E-state index contributed by atoms with van der Waals surface area (Å²) >= 11 is 0. The van der Waals surface area contributed by atoms with Crippen LogP contribution >= 0.6 is 0 Å². The summed E-state index contributed by atoms with van der Waals surface area (Å²) in [7, 11) is 4.40. The second kappa shape index (κ2) is 5.73. The smallest absolute Gasteiger partial charge is 0.320 e. The van der Waals surface area contributed by atoms with Gasteiger partial charge in [0.2, 0.25) is 5.91 Å². The monoisotopic (exact) mass is 265 g/mol. The van der Waals surface area contributed by atoms with Gasteiger partial charge in [-0.15, -0.1) is 0 Å². The zero-order valence-electron chi connectivity index (χ0n) is 11.9. The molecule has 5 nitrogen and oxygen atoms in total. The normalized spacial score (nSPS) is 10.8. The van der Waals surface area contributed by atoms with Gasteiger partial charge in [0.05, 0.1) is 19.9 Å². The Morgan fingerprint density at radius 1 is 1.16 bits per heavy atom. The maximum Gasteiger partial charge on any atom is 0.320 e. The second-order valence-corrected chi connectivity index (χ2v) is 4.65. The first-order chi connectivity index (χ1) is 8.86. The fourth-order valence-electron chi connectivity index (χ4n) is 1.78. The van der Waals surface area contributed by atoms with Crippen molar-refractivity contribution in [2.75, 3.05) is 26.2 Å². The zero-order chi connectivity index (χ0) is 14.6. The molecule has 104 valence electrons. The summed E-state index contributed by atoms with van der Waals surface area (Å²) in [6.07, 6.45) is 0. The van der Waals surface area contributed by atoms with Gasteiger partial charge in [0.25, 0.3) is 0 Å². The Balaban J connectivity index is 3.09. The summed E-state index contributed by atoms with van der Waals surface area (Å²) in [5.74, 6) is -0.359. The molecule has 0 unspecified atom stereocenters. The molecule has 1 rings (SSSR count). The summed E-state index contributed by atoms with van der Waals surface area (Å²) in [5.41, 5.74) is -0.642. The van der Waals surface area contributed by atoms with Crippen molar-refractivity contribution in [2.45, 2.75) is 13.8 Å². The van der Waals surface area contributed by atoms with Crippen LogP contribution in [-0.2, 0) is 14.3 Å². The number of esters is 1. The van der Waals surface area contributed by atoms with Crippen LogP contribution < -0.4 is 9.64 Å². The summed E-state index contributed by atoms with van der Waals surface area (Å²) < 4.78 is 9.87. The number of nitrogens with zero attached hydrogens (tertiary/aromatic N) is 1. The van der Waals surface area contributed by atoms with Crippen LogP contribution in [0.2, 0.25) is 0 Å². The minimum atomic E-state index is -1.25. The highest BCUT2D eigenvalue weighted by Crippen LogP contribution is 2.30. The van der Waals surface area contributed by atoms with Crippen molar-refractivity contribution in [2.24, 2.45) is 5.41 Å². The minimum absolute atomic E-state index is 0.358. The first-order valence-corrected chi connectivity index (χ1v) is 5.85. The van der Waals surface area contributed by atoms with Gasteiger partial charge in [0.1, 0.15) is 11.2 Å². The van der Waals surface area contributed by atoms with E-state index in [1.807, 2.05) is 6.07 Å². The highest BCUT2D eigenvalue weighted by molar-refractivity contribution is 6.09. The number of para-hydroxylation sites is 2. The van der Waals surface area contributed by atoms with Crippen LogP contribution in [0.1, 0.15) is 13.8 Å². The first kappa shape index (κ1) is 15.0. The summed E-state index contributed by atoms with van der Waals surface area (Å²) in [4.78, 5) is 25.5. The molecule has 1 amide bonds. The number of hydrogen-bond donors (Lipinski definition) is 0. The molecule has 0 spiro atoms. The molecule has 0 radical (unpaired) electrons. The maximum absolute atomic E-state index is 12.4. The molecule has 0 aromatic heterocycles. The Bertz CT molecular complexity index is 482. The Hall–Kier alpha value is -2.04. The number of amides is 1. The summed E-state index contributed by atoms with van der Waals surface area (Å²) in [6.45, 7) is 3.07. The maximum atomic E-state index is 12.4. The number of carbonyl (C=O) groups excluding carboxylic acids is 2. The van der Waals surface area contributed by atoms with Crippen molar-refractivity contribution in [3.8, 4) is 5.75 Å². The molecule has 0 aliphatic heterocycles. The van der Waals surface area contributed by atoms with E-state index < -0.39 is 11.4 Å². The van der Waals surface area contributed by atoms with Gasteiger partial charge in [-0.3, -0.25) is 9.59 Å². The molecule has 0 aliphatic carbocycles. The molecule has 0 saturated heterocycles. The highest BCUT2D eigenvalue weighted by atomic mass is 16.5. The van der Waals surface area contributed by atoms with E-state index in [1.54, 1.807) is 25.2 Å². The third kappa shape index (κ3) is 2.86. The summed E-state index contributed by atoms with van der Waals surface area (Å²) in [6, 6.07) is 7.12. The van der Waals surface area contributed by atoms with Crippen LogP contribution in [0, 0.1) is 5.41 Å². The lowest BCUT2D eigenvalue weighted by atomic mass is 9.91. The van der Waals surface area contributed by atoms with Gasteiger partial charge in [0, 0.05) is 7.05 Å². The minimum Gasteiger partial charge on any atom is -0.495 e. The van der Waals surface area contributed by atoms with E-state index in [4.69, 9.17) is 4.74 Å². The number of carbonyl (C=O) groups is 2. The molecule has 1 aromatic rings. The van der Waals surface area contributed by atoms with Crippen LogP contribution in [0.25, 0.3) is 0 Å². The average Bonchev–Trinajstić information content (AvgIpc) is 2.44. The average molecular weight is 265 g/mol. The Morgan fingerprint density at radius 3 is 2.26 bits per heavy atom. The van der Waals surface area contributed by atoms with Gasteiger partial charge in [-0.05, 0) is 26.0 Å². The Kier molecular flexibility index (Phi) is 4.53. The molecular formula is C14H19NO4. The highest BCUT2D eigenvalue weighted by Gasteiger charge is 2.40. The van der Waals surface area contributed by atoms with Crippen LogP contribution in [-0.4, -0.2) is 33.1 Å². The molecule has 0 atom stereocenters. The fourth-order valence-corrected chi connectivity index (χ4v) is 1.78. The van der Waals surface area contributed by atoms with E-state index >= 15 is 0 Å². The van der Waals surface area contributed by atoms with Crippen molar-refractivity contribution in [3.05, 3.63) is 24.3 Å². The molecule has 1 aromatic carbocycles. The van der Waals surface area contributed by atoms with Crippen LogP contribution in [0.15, 0.2) is 24.3 Å². The molecule has 0 N–H and O–H groups in total. The quantitative estimate of drug-likeness (QED) is 0.616. The van der Waals surface area contributed by atoms with Gasteiger partial charge in [-0.1, -0.05) is 12.1 Å². The van der Waals surface area contributed by atoms with Crippen molar-refractivity contribution in [1.29, 1.82) is 0 Å². The zero-order valence-corrected chi connectivity index (χ0v) is 11.9. The van der Waals surface area contributed by atoms with Crippen LogP contribution in [0.3, 0.4) is 0 Å². The number of anilines is 1. The lowest BCUT2D eigenvalue weighted by Crippen LogP contribution is -2.44.